The Morgan fingerprint density at radius 3 is 1.60 bits per heavy atom. The standard InChI is InChI=1S/C7H8.CH3.ClH.Mg/c1-7-5-3-2-4-6-7;;;/h2-6H,1H3;1H3;1H;/q;-1;;+2/p-1. The Hall–Kier alpha value is 0.276. The third kappa shape index (κ3) is 6.40. The van der Waals surface area contributed by atoms with Crippen LogP contribution in [-0.2, 0) is 0 Å². The van der Waals surface area contributed by atoms with Crippen molar-refractivity contribution in [2.75, 3.05) is 0 Å². The Balaban J connectivity index is -0.000000163. The molecule has 52 valence electrons. The van der Waals surface area contributed by atoms with Crippen LogP contribution in [0, 0.1) is 14.4 Å². The molecule has 0 amide bonds. The van der Waals surface area contributed by atoms with Gasteiger partial charge in [-0.15, -0.1) is 0 Å². The summed E-state index contributed by atoms with van der Waals surface area (Å²) in [5.41, 5.74) is 1.32. The predicted molar refractivity (Wildman–Crippen MR) is 43.3 cm³/mol. The zero-order valence-corrected chi connectivity index (χ0v) is 8.64. The van der Waals surface area contributed by atoms with Gasteiger partial charge in [0, 0.05) is 0 Å². The summed E-state index contributed by atoms with van der Waals surface area (Å²) >= 11 is 0. The average Bonchev–Trinajstić information content (AvgIpc) is 1.69. The second kappa shape index (κ2) is 9.28. The van der Waals surface area contributed by atoms with E-state index >= 15 is 0 Å². The molecule has 0 aromatic heterocycles. The fraction of sp³-hybridized carbons (Fsp3) is 0.125. The Morgan fingerprint density at radius 1 is 1.00 bits per heavy atom. The topological polar surface area (TPSA) is 0 Å². The minimum absolute atomic E-state index is 0. The largest absolute Gasteiger partial charge is 2.00 e. The maximum Gasteiger partial charge on any atom is 2.00 e. The van der Waals surface area contributed by atoms with Gasteiger partial charge in [-0.25, -0.2) is 0 Å². The smallest absolute Gasteiger partial charge is 1.00 e. The molecule has 0 unspecified atom stereocenters. The summed E-state index contributed by atoms with van der Waals surface area (Å²) in [5, 5.41) is 0. The van der Waals surface area contributed by atoms with Crippen LogP contribution in [0.25, 0.3) is 0 Å². The first-order valence-corrected chi connectivity index (χ1v) is 2.41. The van der Waals surface area contributed by atoms with E-state index in [1.807, 2.05) is 18.2 Å². The van der Waals surface area contributed by atoms with E-state index in [-0.39, 0.29) is 42.9 Å². The predicted octanol–water partition coefficient (Wildman–Crippen LogP) is -0.931. The van der Waals surface area contributed by atoms with Crippen molar-refractivity contribution in [1.82, 2.24) is 0 Å². The second-order valence-corrected chi connectivity index (χ2v) is 1.65. The van der Waals surface area contributed by atoms with Crippen molar-refractivity contribution in [2.24, 2.45) is 0 Å². The van der Waals surface area contributed by atoms with E-state index in [0.717, 1.165) is 0 Å². The summed E-state index contributed by atoms with van der Waals surface area (Å²) in [6.45, 7) is 2.08. The van der Waals surface area contributed by atoms with E-state index in [4.69, 9.17) is 0 Å². The maximum absolute atomic E-state index is 2.08. The molecule has 0 nitrogen and oxygen atoms in total. The molecule has 0 saturated carbocycles. The minimum atomic E-state index is 0. The first kappa shape index (κ1) is 16.7. The number of halogens is 1. The molecule has 10 heavy (non-hydrogen) atoms. The van der Waals surface area contributed by atoms with E-state index in [1.165, 1.54) is 5.56 Å². The van der Waals surface area contributed by atoms with Crippen LogP contribution in [0.3, 0.4) is 0 Å². The summed E-state index contributed by atoms with van der Waals surface area (Å²) in [6, 6.07) is 10.3. The van der Waals surface area contributed by atoms with Gasteiger partial charge in [0.2, 0.25) is 0 Å². The molecule has 2 heteroatoms. The Morgan fingerprint density at radius 2 is 1.40 bits per heavy atom. The number of benzene rings is 1. The van der Waals surface area contributed by atoms with Crippen molar-refractivity contribution in [3.63, 3.8) is 0 Å². The number of hydrogen-bond donors (Lipinski definition) is 0. The third-order valence-corrected chi connectivity index (χ3v) is 0.940. The summed E-state index contributed by atoms with van der Waals surface area (Å²) in [6.07, 6.45) is 0. The van der Waals surface area contributed by atoms with Crippen molar-refractivity contribution in [1.29, 1.82) is 0 Å². The zero-order valence-electron chi connectivity index (χ0n) is 6.47. The van der Waals surface area contributed by atoms with Crippen LogP contribution in [0.1, 0.15) is 5.56 Å². The normalized spacial score (nSPS) is 6.10. The molecule has 0 fully saturated rings. The van der Waals surface area contributed by atoms with E-state index in [9.17, 15) is 0 Å². The third-order valence-electron chi connectivity index (χ3n) is 0.940. The summed E-state index contributed by atoms with van der Waals surface area (Å²) < 4.78 is 0. The van der Waals surface area contributed by atoms with Gasteiger partial charge in [0.1, 0.15) is 0 Å². The quantitative estimate of drug-likeness (QED) is 0.346. The van der Waals surface area contributed by atoms with Gasteiger partial charge in [0.05, 0.1) is 0 Å². The molecule has 0 N–H and O–H groups in total. The molecule has 0 saturated heterocycles. The van der Waals surface area contributed by atoms with Crippen molar-refractivity contribution < 1.29 is 12.4 Å². The summed E-state index contributed by atoms with van der Waals surface area (Å²) in [7, 11) is 0. The van der Waals surface area contributed by atoms with Gasteiger partial charge < -0.3 is 19.8 Å². The van der Waals surface area contributed by atoms with E-state index in [0.29, 0.717) is 0 Å². The molecule has 1 aromatic carbocycles. The van der Waals surface area contributed by atoms with E-state index in [1.54, 1.807) is 0 Å². The molecule has 0 aliphatic heterocycles. The van der Waals surface area contributed by atoms with Crippen LogP contribution in [0.15, 0.2) is 30.3 Å². The first-order valence-electron chi connectivity index (χ1n) is 2.41. The number of rotatable bonds is 0. The van der Waals surface area contributed by atoms with Crippen molar-refractivity contribution in [3.8, 4) is 0 Å². The van der Waals surface area contributed by atoms with E-state index < -0.39 is 0 Å². The molecular formula is C8H11ClMg. The van der Waals surface area contributed by atoms with Gasteiger partial charge >= 0.3 is 23.1 Å². The number of aryl methyl sites for hydroxylation is 1. The van der Waals surface area contributed by atoms with Gasteiger partial charge in [-0.2, -0.15) is 0 Å². The molecular weight excluding hydrogens is 156 g/mol. The Bertz CT molecular complexity index is 139. The van der Waals surface area contributed by atoms with Gasteiger partial charge in [0.15, 0.2) is 0 Å². The van der Waals surface area contributed by atoms with Gasteiger partial charge in [-0.3, -0.25) is 0 Å². The molecule has 0 spiro atoms. The zero-order chi connectivity index (χ0) is 5.11. The van der Waals surface area contributed by atoms with Crippen molar-refractivity contribution in [2.45, 2.75) is 6.92 Å². The van der Waals surface area contributed by atoms with Gasteiger partial charge in [-0.05, 0) is 6.92 Å². The SMILES string of the molecule is Cc1ccccc1.[CH3-].[Cl-].[Mg+2]. The van der Waals surface area contributed by atoms with Gasteiger partial charge in [-0.1, -0.05) is 35.9 Å². The average molecular weight is 167 g/mol. The second-order valence-electron chi connectivity index (χ2n) is 1.65. The minimum Gasteiger partial charge on any atom is -1.00 e. The Kier molecular flexibility index (Phi) is 15.5. The molecule has 0 aliphatic carbocycles. The molecule has 0 heterocycles. The monoisotopic (exact) mass is 166 g/mol. The van der Waals surface area contributed by atoms with Crippen LogP contribution in [0.4, 0.5) is 0 Å². The van der Waals surface area contributed by atoms with Crippen LogP contribution in [-0.4, -0.2) is 23.1 Å². The fourth-order valence-electron chi connectivity index (χ4n) is 0.534. The van der Waals surface area contributed by atoms with Crippen molar-refractivity contribution >= 4 is 23.1 Å². The first-order chi connectivity index (χ1) is 3.39. The molecule has 0 bridgehead atoms. The van der Waals surface area contributed by atoms with Crippen LogP contribution in [0.2, 0.25) is 0 Å². The van der Waals surface area contributed by atoms with Crippen LogP contribution < -0.4 is 12.4 Å². The van der Waals surface area contributed by atoms with E-state index in [2.05, 4.69) is 19.1 Å². The molecule has 1 aromatic rings. The molecule has 0 radical (unpaired) electrons. The maximum atomic E-state index is 2.08. The summed E-state index contributed by atoms with van der Waals surface area (Å²) in [4.78, 5) is 0. The molecule has 1 rings (SSSR count). The van der Waals surface area contributed by atoms with Gasteiger partial charge in [0.25, 0.3) is 0 Å². The molecule has 0 atom stereocenters. The summed E-state index contributed by atoms with van der Waals surface area (Å²) in [5.74, 6) is 0. The van der Waals surface area contributed by atoms with Crippen LogP contribution in [0.5, 0.6) is 0 Å². The molecule has 0 aliphatic rings. The van der Waals surface area contributed by atoms with Crippen LogP contribution >= 0.6 is 0 Å². The Labute approximate surface area is 85.6 Å². The van der Waals surface area contributed by atoms with Crippen molar-refractivity contribution in [3.05, 3.63) is 43.3 Å². The fourth-order valence-corrected chi connectivity index (χ4v) is 0.534. The number of hydrogen-bond acceptors (Lipinski definition) is 0.